The predicted molar refractivity (Wildman–Crippen MR) is 110 cm³/mol. The van der Waals surface area contributed by atoms with Crippen molar-refractivity contribution in [3.8, 4) is 5.75 Å². The minimum absolute atomic E-state index is 0.0547. The summed E-state index contributed by atoms with van der Waals surface area (Å²) in [5.74, 6) is 1.72. The monoisotopic (exact) mass is 433 g/mol. The van der Waals surface area contributed by atoms with Crippen LogP contribution >= 0.6 is 0 Å². The van der Waals surface area contributed by atoms with Crippen molar-refractivity contribution in [3.63, 3.8) is 0 Å². The fourth-order valence-electron chi connectivity index (χ4n) is 4.78. The van der Waals surface area contributed by atoms with Crippen molar-refractivity contribution in [2.45, 2.75) is 63.9 Å². The van der Waals surface area contributed by atoms with Crippen molar-refractivity contribution in [2.24, 2.45) is 0 Å². The lowest BCUT2D eigenvalue weighted by molar-refractivity contribution is -0.139. The van der Waals surface area contributed by atoms with Gasteiger partial charge in [-0.25, -0.2) is 0 Å². The van der Waals surface area contributed by atoms with E-state index in [-0.39, 0.29) is 6.10 Å². The van der Waals surface area contributed by atoms with Crippen LogP contribution in [0.4, 0.5) is 13.2 Å². The summed E-state index contributed by atoms with van der Waals surface area (Å²) in [4.78, 5) is 2.38. The maximum atomic E-state index is 12.8. The zero-order valence-corrected chi connectivity index (χ0v) is 17.3. The number of likely N-dealkylation sites (tertiary alicyclic amines) is 1. The van der Waals surface area contributed by atoms with Gasteiger partial charge in [-0.1, -0.05) is 11.2 Å². The Bertz CT molecular complexity index is 1050. The molecule has 2 aromatic heterocycles. The first-order valence-corrected chi connectivity index (χ1v) is 11.0. The number of nitrogens with zero attached hydrogens (tertiary/aromatic N) is 3. The van der Waals surface area contributed by atoms with Gasteiger partial charge >= 0.3 is 6.18 Å². The van der Waals surface area contributed by atoms with Gasteiger partial charge in [-0.3, -0.25) is 4.90 Å². The van der Waals surface area contributed by atoms with Crippen molar-refractivity contribution >= 4 is 10.9 Å². The van der Waals surface area contributed by atoms with Crippen LogP contribution in [0, 0.1) is 0 Å². The first-order valence-electron chi connectivity index (χ1n) is 11.0. The van der Waals surface area contributed by atoms with Crippen LogP contribution in [0.2, 0.25) is 0 Å². The summed E-state index contributed by atoms with van der Waals surface area (Å²) in [7, 11) is 0. The third-order valence-electron chi connectivity index (χ3n) is 6.36. The molecule has 3 aromatic rings. The maximum Gasteiger partial charge on any atom is 0.406 e. The summed E-state index contributed by atoms with van der Waals surface area (Å²) in [6, 6.07) is 7.01. The molecular weight excluding hydrogens is 407 g/mol. The Hall–Kier alpha value is -2.48. The number of hydrogen-bond donors (Lipinski definition) is 0. The van der Waals surface area contributed by atoms with Crippen LogP contribution in [0.3, 0.4) is 0 Å². The van der Waals surface area contributed by atoms with Crippen LogP contribution in [-0.2, 0) is 25.9 Å². The Balaban J connectivity index is 1.21. The van der Waals surface area contributed by atoms with Crippen LogP contribution in [-0.4, -0.2) is 40.0 Å². The summed E-state index contributed by atoms with van der Waals surface area (Å²) in [5.41, 5.74) is 2.92. The van der Waals surface area contributed by atoms with Gasteiger partial charge in [-0.05, 0) is 50.3 Å². The molecule has 8 heteroatoms. The number of aryl methyl sites for hydroxylation is 1. The van der Waals surface area contributed by atoms with Crippen molar-refractivity contribution < 1.29 is 22.4 Å². The van der Waals surface area contributed by atoms with E-state index in [0.29, 0.717) is 11.3 Å². The van der Waals surface area contributed by atoms with E-state index in [2.05, 4.69) is 10.1 Å². The van der Waals surface area contributed by atoms with E-state index in [9.17, 15) is 13.2 Å². The molecule has 1 aromatic carbocycles. The number of aromatic nitrogens is 2. The van der Waals surface area contributed by atoms with Crippen LogP contribution in [0.15, 0.2) is 35.0 Å². The number of alkyl halides is 3. The molecule has 31 heavy (non-hydrogen) atoms. The first-order chi connectivity index (χ1) is 15.0. The topological polar surface area (TPSA) is 43.4 Å². The number of benzene rings is 1. The smallest absolute Gasteiger partial charge is 0.406 e. The Morgan fingerprint density at radius 3 is 2.71 bits per heavy atom. The molecular formula is C23H26F3N3O2. The van der Waals surface area contributed by atoms with Crippen LogP contribution in [0.25, 0.3) is 10.9 Å². The summed E-state index contributed by atoms with van der Waals surface area (Å²) in [6.45, 7) is 1.61. The molecule has 2 aliphatic rings. The SMILES string of the molecule is FC(F)(F)Cn1ccc2c(OC3CCN(Cc4noc5c4CCCC5)CC3)cccc21. The third-order valence-corrected chi connectivity index (χ3v) is 6.36. The fourth-order valence-corrected chi connectivity index (χ4v) is 4.78. The van der Waals surface area contributed by atoms with E-state index >= 15 is 0 Å². The number of rotatable bonds is 5. The Morgan fingerprint density at radius 2 is 1.90 bits per heavy atom. The summed E-state index contributed by atoms with van der Waals surface area (Å²) < 4.78 is 51.4. The van der Waals surface area contributed by atoms with E-state index in [1.807, 2.05) is 6.07 Å². The quantitative estimate of drug-likeness (QED) is 0.561. The Morgan fingerprint density at radius 1 is 1.10 bits per heavy atom. The molecule has 0 N–H and O–H groups in total. The highest BCUT2D eigenvalue weighted by atomic mass is 19.4. The molecule has 0 atom stereocenters. The van der Waals surface area contributed by atoms with Gasteiger partial charge in [-0.2, -0.15) is 13.2 Å². The predicted octanol–water partition coefficient (Wildman–Crippen LogP) is 5.11. The molecule has 3 heterocycles. The zero-order valence-electron chi connectivity index (χ0n) is 17.3. The molecule has 166 valence electrons. The molecule has 1 aliphatic carbocycles. The highest BCUT2D eigenvalue weighted by Crippen LogP contribution is 2.31. The number of hydrogen-bond acceptors (Lipinski definition) is 4. The third kappa shape index (κ3) is 4.44. The largest absolute Gasteiger partial charge is 0.490 e. The lowest BCUT2D eigenvalue weighted by atomic mass is 9.96. The lowest BCUT2D eigenvalue weighted by Crippen LogP contribution is -2.38. The van der Waals surface area contributed by atoms with Crippen molar-refractivity contribution in [1.82, 2.24) is 14.6 Å². The number of ether oxygens (including phenoxy) is 1. The number of halogens is 3. The van der Waals surface area contributed by atoms with Crippen molar-refractivity contribution in [1.29, 1.82) is 0 Å². The van der Waals surface area contributed by atoms with Gasteiger partial charge in [0, 0.05) is 43.2 Å². The molecule has 1 saturated heterocycles. The van der Waals surface area contributed by atoms with Crippen LogP contribution in [0.1, 0.15) is 42.7 Å². The molecule has 1 fully saturated rings. The summed E-state index contributed by atoms with van der Waals surface area (Å²) in [6.07, 6.45) is 3.47. The van der Waals surface area contributed by atoms with Gasteiger partial charge in [0.2, 0.25) is 0 Å². The van der Waals surface area contributed by atoms with Gasteiger partial charge < -0.3 is 13.8 Å². The molecule has 5 nitrogen and oxygen atoms in total. The molecule has 0 spiro atoms. The van der Waals surface area contributed by atoms with Crippen LogP contribution < -0.4 is 4.74 Å². The van der Waals surface area contributed by atoms with Gasteiger partial charge in [0.05, 0.1) is 5.52 Å². The molecule has 0 amide bonds. The number of piperidine rings is 1. The highest BCUT2D eigenvalue weighted by molar-refractivity contribution is 5.86. The molecule has 0 radical (unpaired) electrons. The second-order valence-corrected chi connectivity index (χ2v) is 8.58. The van der Waals surface area contributed by atoms with Gasteiger partial charge in [0.1, 0.15) is 29.9 Å². The van der Waals surface area contributed by atoms with Crippen LogP contribution in [0.5, 0.6) is 5.75 Å². The molecule has 0 bridgehead atoms. The molecule has 0 unspecified atom stereocenters. The summed E-state index contributed by atoms with van der Waals surface area (Å²) >= 11 is 0. The minimum atomic E-state index is -4.25. The average Bonchev–Trinajstić information content (AvgIpc) is 3.34. The van der Waals surface area contributed by atoms with Gasteiger partial charge in [-0.15, -0.1) is 0 Å². The molecule has 0 saturated carbocycles. The van der Waals surface area contributed by atoms with E-state index < -0.39 is 12.7 Å². The first kappa shape index (κ1) is 20.4. The number of fused-ring (bicyclic) bond motifs is 2. The highest BCUT2D eigenvalue weighted by Gasteiger charge is 2.29. The van der Waals surface area contributed by atoms with Gasteiger partial charge in [0.15, 0.2) is 0 Å². The Kier molecular flexibility index (Phi) is 5.42. The van der Waals surface area contributed by atoms with E-state index in [1.54, 1.807) is 18.2 Å². The van der Waals surface area contributed by atoms with Crippen molar-refractivity contribution in [3.05, 3.63) is 47.5 Å². The standard InChI is InChI=1S/C23H26F3N3O2/c24-23(25,26)15-29-13-10-18-20(29)5-3-7-21(18)30-16-8-11-28(12-9-16)14-19-17-4-1-2-6-22(17)31-27-19/h3,5,7,10,13,16H,1-2,4,6,8-9,11-12,14-15H2. The van der Waals surface area contributed by atoms with E-state index in [0.717, 1.165) is 62.2 Å². The molecule has 1 aliphatic heterocycles. The maximum absolute atomic E-state index is 12.8. The molecule has 5 rings (SSSR count). The lowest BCUT2D eigenvalue weighted by Gasteiger charge is -2.32. The second-order valence-electron chi connectivity index (χ2n) is 8.58. The Labute approximate surface area is 178 Å². The second kappa shape index (κ2) is 8.22. The zero-order chi connectivity index (χ0) is 21.4. The fraction of sp³-hybridized carbons (Fsp3) is 0.522. The van der Waals surface area contributed by atoms with Crippen molar-refractivity contribution in [2.75, 3.05) is 13.1 Å². The normalized spacial score (nSPS) is 18.4. The minimum Gasteiger partial charge on any atom is -0.490 e. The summed E-state index contributed by atoms with van der Waals surface area (Å²) in [5, 5.41) is 5.04. The average molecular weight is 433 g/mol. The van der Waals surface area contributed by atoms with E-state index in [1.165, 1.54) is 29.2 Å². The van der Waals surface area contributed by atoms with Gasteiger partial charge in [0.25, 0.3) is 0 Å². The van der Waals surface area contributed by atoms with E-state index in [4.69, 9.17) is 9.26 Å².